The predicted molar refractivity (Wildman–Crippen MR) is 104 cm³/mol. The van der Waals surface area contributed by atoms with Gasteiger partial charge in [0.15, 0.2) is 0 Å². The minimum absolute atomic E-state index is 0.0243. The molecule has 0 radical (unpaired) electrons. The lowest BCUT2D eigenvalue weighted by Crippen LogP contribution is -2.41. The Labute approximate surface area is 155 Å². The molecule has 2 aromatic carbocycles. The van der Waals surface area contributed by atoms with Crippen LogP contribution in [0, 0.1) is 20.8 Å². The Morgan fingerprint density at radius 1 is 1.04 bits per heavy atom. The summed E-state index contributed by atoms with van der Waals surface area (Å²) >= 11 is 0. The second-order valence-corrected chi connectivity index (χ2v) is 7.43. The van der Waals surface area contributed by atoms with Crippen LogP contribution in [-0.4, -0.2) is 30.3 Å². The Bertz CT molecular complexity index is 815. The van der Waals surface area contributed by atoms with Crippen LogP contribution in [0.15, 0.2) is 42.5 Å². The average Bonchev–Trinajstić information content (AvgIpc) is 3.40. The van der Waals surface area contributed by atoms with E-state index >= 15 is 0 Å². The van der Waals surface area contributed by atoms with Crippen molar-refractivity contribution in [3.05, 3.63) is 64.7 Å². The fourth-order valence-electron chi connectivity index (χ4n) is 3.72. The molecule has 0 bridgehead atoms. The van der Waals surface area contributed by atoms with E-state index < -0.39 is 5.41 Å². The van der Waals surface area contributed by atoms with Crippen LogP contribution in [-0.2, 0) is 15.0 Å². The summed E-state index contributed by atoms with van der Waals surface area (Å²) in [6, 6.07) is 14.0. The third-order valence-electron chi connectivity index (χ3n) is 5.15. The number of nitrogens with zero attached hydrogens (tertiary/aromatic N) is 1. The molecule has 26 heavy (non-hydrogen) atoms. The standard InChI is InChI=1S/C22H26N2O2/c1-15-12-16(2)20(17(3)13-15)23-19(25)14-24(4)21(26)22(10-11-22)18-8-6-5-7-9-18/h5-9,12-13H,10-11,14H2,1-4H3,(H,23,25). The number of hydrogen-bond donors (Lipinski definition) is 1. The van der Waals surface area contributed by atoms with E-state index in [2.05, 4.69) is 5.32 Å². The number of aryl methyl sites for hydroxylation is 3. The highest BCUT2D eigenvalue weighted by atomic mass is 16.2. The molecule has 4 nitrogen and oxygen atoms in total. The van der Waals surface area contributed by atoms with Crippen LogP contribution in [0.2, 0.25) is 0 Å². The van der Waals surface area contributed by atoms with Gasteiger partial charge in [0.2, 0.25) is 11.8 Å². The number of anilines is 1. The van der Waals surface area contributed by atoms with Gasteiger partial charge in [0.25, 0.3) is 0 Å². The number of benzene rings is 2. The second-order valence-electron chi connectivity index (χ2n) is 7.43. The number of hydrogen-bond acceptors (Lipinski definition) is 2. The van der Waals surface area contributed by atoms with Crippen molar-refractivity contribution < 1.29 is 9.59 Å². The molecule has 0 aliphatic heterocycles. The fourth-order valence-corrected chi connectivity index (χ4v) is 3.72. The van der Waals surface area contributed by atoms with Gasteiger partial charge in [-0.2, -0.15) is 0 Å². The van der Waals surface area contributed by atoms with Gasteiger partial charge in [0.05, 0.1) is 12.0 Å². The lowest BCUT2D eigenvalue weighted by atomic mass is 9.94. The quantitative estimate of drug-likeness (QED) is 0.893. The van der Waals surface area contributed by atoms with E-state index in [-0.39, 0.29) is 18.4 Å². The maximum Gasteiger partial charge on any atom is 0.243 e. The van der Waals surface area contributed by atoms with E-state index in [1.165, 1.54) is 5.56 Å². The molecule has 2 aromatic rings. The maximum absolute atomic E-state index is 12.9. The summed E-state index contributed by atoms with van der Waals surface area (Å²) in [6.45, 7) is 6.06. The van der Waals surface area contributed by atoms with E-state index in [1.807, 2.05) is 63.2 Å². The molecule has 0 unspecified atom stereocenters. The van der Waals surface area contributed by atoms with Crippen LogP contribution in [0.25, 0.3) is 0 Å². The van der Waals surface area contributed by atoms with Gasteiger partial charge in [0, 0.05) is 12.7 Å². The first-order valence-corrected chi connectivity index (χ1v) is 9.02. The molecule has 3 rings (SSSR count). The molecule has 1 aliphatic carbocycles. The molecule has 1 aliphatic rings. The number of amides is 2. The van der Waals surface area contributed by atoms with Gasteiger partial charge in [-0.1, -0.05) is 48.0 Å². The number of rotatable bonds is 5. The molecular weight excluding hydrogens is 324 g/mol. The maximum atomic E-state index is 12.9. The molecule has 0 aromatic heterocycles. The highest BCUT2D eigenvalue weighted by Gasteiger charge is 2.52. The third kappa shape index (κ3) is 3.50. The Kier molecular flexibility index (Phi) is 4.86. The van der Waals surface area contributed by atoms with Gasteiger partial charge in [-0.15, -0.1) is 0 Å². The predicted octanol–water partition coefficient (Wildman–Crippen LogP) is 3.74. The monoisotopic (exact) mass is 350 g/mol. The molecule has 0 atom stereocenters. The average molecular weight is 350 g/mol. The third-order valence-corrected chi connectivity index (χ3v) is 5.15. The van der Waals surface area contributed by atoms with Crippen molar-refractivity contribution >= 4 is 17.5 Å². The molecule has 1 N–H and O–H groups in total. The van der Waals surface area contributed by atoms with E-state index in [1.54, 1.807) is 11.9 Å². The Hall–Kier alpha value is -2.62. The van der Waals surface area contributed by atoms with Crippen LogP contribution in [0.3, 0.4) is 0 Å². The molecule has 1 saturated carbocycles. The first-order valence-electron chi connectivity index (χ1n) is 9.02. The molecule has 1 fully saturated rings. The zero-order valence-electron chi connectivity index (χ0n) is 15.9. The summed E-state index contributed by atoms with van der Waals surface area (Å²) in [7, 11) is 1.71. The Morgan fingerprint density at radius 3 is 2.15 bits per heavy atom. The van der Waals surface area contributed by atoms with Crippen molar-refractivity contribution in [1.29, 1.82) is 0 Å². The van der Waals surface area contributed by atoms with Crippen LogP contribution in [0.4, 0.5) is 5.69 Å². The van der Waals surface area contributed by atoms with Crippen molar-refractivity contribution in [3.63, 3.8) is 0 Å². The topological polar surface area (TPSA) is 49.4 Å². The molecule has 0 heterocycles. The van der Waals surface area contributed by atoms with Crippen LogP contribution in [0.5, 0.6) is 0 Å². The highest BCUT2D eigenvalue weighted by Crippen LogP contribution is 2.49. The van der Waals surface area contributed by atoms with E-state index in [9.17, 15) is 9.59 Å². The number of carbonyl (C=O) groups is 2. The minimum atomic E-state index is -0.439. The molecule has 2 amide bonds. The molecule has 4 heteroatoms. The molecule has 0 spiro atoms. The summed E-state index contributed by atoms with van der Waals surface area (Å²) in [5.74, 6) is -0.143. The molecule has 136 valence electrons. The minimum Gasteiger partial charge on any atom is -0.336 e. The van der Waals surface area contributed by atoms with E-state index in [4.69, 9.17) is 0 Å². The highest BCUT2D eigenvalue weighted by molar-refractivity contribution is 5.98. The molecular formula is C22H26N2O2. The van der Waals surface area contributed by atoms with Gasteiger partial charge < -0.3 is 10.2 Å². The smallest absolute Gasteiger partial charge is 0.243 e. The zero-order valence-corrected chi connectivity index (χ0v) is 15.9. The van der Waals surface area contributed by atoms with Crippen molar-refractivity contribution in [2.24, 2.45) is 0 Å². The van der Waals surface area contributed by atoms with Gasteiger partial charge in [-0.25, -0.2) is 0 Å². The van der Waals surface area contributed by atoms with Gasteiger partial charge >= 0.3 is 0 Å². The van der Waals surface area contributed by atoms with E-state index in [0.29, 0.717) is 0 Å². The number of likely N-dealkylation sites (N-methyl/N-ethyl adjacent to an activating group) is 1. The lowest BCUT2D eigenvalue weighted by Gasteiger charge is -2.24. The summed E-state index contributed by atoms with van der Waals surface area (Å²) in [5.41, 5.74) is 4.68. The Balaban J connectivity index is 1.68. The van der Waals surface area contributed by atoms with Crippen molar-refractivity contribution in [2.75, 3.05) is 18.9 Å². The van der Waals surface area contributed by atoms with Crippen molar-refractivity contribution in [2.45, 2.75) is 39.0 Å². The van der Waals surface area contributed by atoms with Gasteiger partial charge in [-0.3, -0.25) is 9.59 Å². The second kappa shape index (κ2) is 6.94. The van der Waals surface area contributed by atoms with Crippen molar-refractivity contribution in [1.82, 2.24) is 4.90 Å². The first-order chi connectivity index (χ1) is 12.3. The normalized spacial score (nSPS) is 14.6. The number of nitrogens with one attached hydrogen (secondary N) is 1. The zero-order chi connectivity index (χ0) is 18.9. The van der Waals surface area contributed by atoms with Crippen molar-refractivity contribution in [3.8, 4) is 0 Å². The van der Waals surface area contributed by atoms with Crippen LogP contribution < -0.4 is 5.32 Å². The van der Waals surface area contributed by atoms with Gasteiger partial charge in [0.1, 0.15) is 0 Å². The molecule has 0 saturated heterocycles. The fraction of sp³-hybridized carbons (Fsp3) is 0.364. The number of carbonyl (C=O) groups excluding carboxylic acids is 2. The SMILES string of the molecule is Cc1cc(C)c(NC(=O)CN(C)C(=O)C2(c3ccccc3)CC2)c(C)c1. The Morgan fingerprint density at radius 2 is 1.62 bits per heavy atom. The van der Waals surface area contributed by atoms with Crippen LogP contribution >= 0.6 is 0 Å². The summed E-state index contributed by atoms with van der Waals surface area (Å²) in [5, 5.41) is 2.97. The largest absolute Gasteiger partial charge is 0.336 e. The van der Waals surface area contributed by atoms with Gasteiger partial charge in [-0.05, 0) is 50.3 Å². The van der Waals surface area contributed by atoms with E-state index in [0.717, 1.165) is 35.2 Å². The first kappa shape index (κ1) is 18.2. The summed E-state index contributed by atoms with van der Waals surface area (Å²) in [4.78, 5) is 27.0. The summed E-state index contributed by atoms with van der Waals surface area (Å²) in [6.07, 6.45) is 1.69. The lowest BCUT2D eigenvalue weighted by molar-refractivity contribution is -0.135. The van der Waals surface area contributed by atoms with Crippen LogP contribution in [0.1, 0.15) is 35.1 Å². The summed E-state index contributed by atoms with van der Waals surface area (Å²) < 4.78 is 0.